The Balaban J connectivity index is 1.99. The number of rotatable bonds is 28. The Labute approximate surface area is 268 Å². The van der Waals surface area contributed by atoms with Crippen molar-refractivity contribution in [1.29, 1.82) is 0 Å². The lowest BCUT2D eigenvalue weighted by atomic mass is 10.00. The number of carbonyl (C=O) groups excluding carboxylic acids is 2. The molecule has 0 aliphatic carbocycles. The zero-order valence-electron chi connectivity index (χ0n) is 28.0. The molecule has 1 heterocycles. The summed E-state index contributed by atoms with van der Waals surface area (Å²) in [5, 5.41) is 9.50. The Morgan fingerprint density at radius 1 is 0.727 bits per heavy atom. The van der Waals surface area contributed by atoms with Gasteiger partial charge in [-0.1, -0.05) is 126 Å². The van der Waals surface area contributed by atoms with Gasteiger partial charge in [-0.25, -0.2) is 0 Å². The van der Waals surface area contributed by atoms with E-state index >= 15 is 0 Å². The van der Waals surface area contributed by atoms with E-state index in [9.17, 15) is 14.7 Å². The van der Waals surface area contributed by atoms with Gasteiger partial charge in [0.2, 0.25) is 0 Å². The van der Waals surface area contributed by atoms with Crippen molar-refractivity contribution in [3.05, 3.63) is 60.8 Å². The summed E-state index contributed by atoms with van der Waals surface area (Å²) in [5.74, 6) is 0.114. The summed E-state index contributed by atoms with van der Waals surface area (Å²) in [6.07, 6.45) is 37.6. The van der Waals surface area contributed by atoms with E-state index in [1.54, 1.807) is 0 Å². The summed E-state index contributed by atoms with van der Waals surface area (Å²) in [6.45, 7) is 6.23. The van der Waals surface area contributed by atoms with Crippen molar-refractivity contribution in [3.8, 4) is 0 Å². The maximum absolute atomic E-state index is 12.1. The molecule has 0 saturated carbocycles. The van der Waals surface area contributed by atoms with Gasteiger partial charge in [0.1, 0.15) is 6.61 Å². The van der Waals surface area contributed by atoms with E-state index in [1.165, 1.54) is 32.1 Å². The summed E-state index contributed by atoms with van der Waals surface area (Å²) in [6, 6.07) is 0. The highest BCUT2D eigenvalue weighted by Gasteiger charge is 2.35. The van der Waals surface area contributed by atoms with Gasteiger partial charge in [0.25, 0.3) is 0 Å². The summed E-state index contributed by atoms with van der Waals surface area (Å²) < 4.78 is 16.1. The van der Waals surface area contributed by atoms with Crippen molar-refractivity contribution in [1.82, 2.24) is 0 Å². The molecular weight excluding hydrogens is 552 g/mol. The van der Waals surface area contributed by atoms with Crippen LogP contribution in [0.4, 0.5) is 0 Å². The summed E-state index contributed by atoms with van der Waals surface area (Å²) in [4.78, 5) is 24.1. The molecule has 0 aromatic heterocycles. The first-order valence-electron chi connectivity index (χ1n) is 17.4. The molecule has 0 spiro atoms. The molecular formula is C38H62O6. The van der Waals surface area contributed by atoms with Gasteiger partial charge in [0.15, 0.2) is 6.10 Å². The van der Waals surface area contributed by atoms with Gasteiger partial charge in [-0.3, -0.25) is 9.59 Å². The summed E-state index contributed by atoms with van der Waals surface area (Å²) >= 11 is 0. The van der Waals surface area contributed by atoms with Crippen LogP contribution in [0.15, 0.2) is 60.8 Å². The molecule has 1 rings (SSSR count). The van der Waals surface area contributed by atoms with Gasteiger partial charge in [0, 0.05) is 12.8 Å². The number of esters is 2. The number of unbranched alkanes of at least 4 members (excludes halogenated alkanes) is 5. The third kappa shape index (κ3) is 23.9. The van der Waals surface area contributed by atoms with Gasteiger partial charge in [-0.2, -0.15) is 0 Å². The lowest BCUT2D eigenvalue weighted by molar-refractivity contribution is -0.161. The molecule has 0 aromatic rings. The fourth-order valence-corrected chi connectivity index (χ4v) is 4.65. The fourth-order valence-electron chi connectivity index (χ4n) is 4.65. The van der Waals surface area contributed by atoms with E-state index in [1.807, 2.05) is 12.2 Å². The molecule has 1 fully saturated rings. The molecule has 6 nitrogen and oxygen atoms in total. The van der Waals surface area contributed by atoms with Gasteiger partial charge >= 0.3 is 11.9 Å². The number of hydrogen-bond donors (Lipinski definition) is 1. The molecule has 1 aliphatic heterocycles. The molecule has 6 heteroatoms. The van der Waals surface area contributed by atoms with E-state index in [0.29, 0.717) is 25.0 Å². The van der Waals surface area contributed by atoms with Crippen molar-refractivity contribution in [2.45, 2.75) is 148 Å². The normalized spacial score (nSPS) is 18.3. The topological polar surface area (TPSA) is 85.4 Å². The lowest BCUT2D eigenvalue weighted by Gasteiger charge is -2.15. The Kier molecular flexibility index (Phi) is 25.2. The van der Waals surface area contributed by atoms with Crippen molar-refractivity contribution < 1.29 is 28.9 Å². The lowest BCUT2D eigenvalue weighted by Crippen LogP contribution is -2.28. The quantitative estimate of drug-likeness (QED) is 0.0409. The summed E-state index contributed by atoms with van der Waals surface area (Å²) in [7, 11) is 0. The first-order valence-corrected chi connectivity index (χ1v) is 17.4. The standard InChI is InChI=1S/C38H62O6/c1-4-6-21-27-35-36(44-35)28-23-18-13-11-9-7-8-10-12-14-20-25-30-38(41)43-34(31-39)32-42-37(40)29-24-19-16-15-17-22-26-33(3)5-2/h6,8-11,14,18,20-21,23,33-36,39H,4-5,7,12-13,15-17,19,22,24-32H2,1-3H3/b10-8-,11-9-,20-14-,21-6-,23-18-/t33?,34-,35?,36?/m0/s1. The number of carbonyl (C=O) groups is 2. The minimum atomic E-state index is -0.815. The third-order valence-electron chi connectivity index (χ3n) is 7.78. The molecule has 1 N–H and O–H groups in total. The molecule has 0 amide bonds. The maximum atomic E-state index is 12.1. The zero-order chi connectivity index (χ0) is 32.1. The van der Waals surface area contributed by atoms with Gasteiger partial charge in [-0.05, 0) is 57.3 Å². The number of epoxide rings is 1. The van der Waals surface area contributed by atoms with Gasteiger partial charge in [-0.15, -0.1) is 0 Å². The van der Waals surface area contributed by atoms with Gasteiger partial charge < -0.3 is 19.3 Å². The number of hydrogen-bond acceptors (Lipinski definition) is 6. The number of aliphatic hydroxyl groups excluding tert-OH is 1. The molecule has 4 atom stereocenters. The molecule has 1 aliphatic rings. The molecule has 3 unspecified atom stereocenters. The second-order valence-corrected chi connectivity index (χ2v) is 11.8. The number of allylic oxidation sites excluding steroid dienone is 8. The third-order valence-corrected chi connectivity index (χ3v) is 7.78. The van der Waals surface area contributed by atoms with Crippen LogP contribution < -0.4 is 0 Å². The van der Waals surface area contributed by atoms with E-state index in [0.717, 1.165) is 63.7 Å². The van der Waals surface area contributed by atoms with Crippen molar-refractivity contribution in [2.75, 3.05) is 13.2 Å². The first-order chi connectivity index (χ1) is 21.5. The Bertz CT molecular complexity index is 871. The fraction of sp³-hybridized carbons (Fsp3) is 0.684. The second kappa shape index (κ2) is 28.1. The van der Waals surface area contributed by atoms with E-state index in [4.69, 9.17) is 14.2 Å². The highest BCUT2D eigenvalue weighted by Crippen LogP contribution is 2.29. The van der Waals surface area contributed by atoms with E-state index < -0.39 is 12.1 Å². The van der Waals surface area contributed by atoms with Crippen LogP contribution in [0.2, 0.25) is 0 Å². The Morgan fingerprint density at radius 3 is 1.91 bits per heavy atom. The van der Waals surface area contributed by atoms with Crippen molar-refractivity contribution in [3.63, 3.8) is 0 Å². The largest absolute Gasteiger partial charge is 0.462 e. The van der Waals surface area contributed by atoms with Crippen molar-refractivity contribution >= 4 is 11.9 Å². The van der Waals surface area contributed by atoms with Crippen LogP contribution in [0.3, 0.4) is 0 Å². The van der Waals surface area contributed by atoms with E-state index in [2.05, 4.69) is 69.4 Å². The molecule has 250 valence electrons. The maximum Gasteiger partial charge on any atom is 0.306 e. The van der Waals surface area contributed by atoms with Crippen LogP contribution in [-0.4, -0.2) is 48.6 Å². The van der Waals surface area contributed by atoms with Crippen LogP contribution in [-0.2, 0) is 23.8 Å². The molecule has 0 bridgehead atoms. The van der Waals surface area contributed by atoms with Crippen LogP contribution in [0.1, 0.15) is 130 Å². The van der Waals surface area contributed by atoms with Crippen LogP contribution >= 0.6 is 0 Å². The average Bonchev–Trinajstić information content (AvgIpc) is 3.78. The predicted molar refractivity (Wildman–Crippen MR) is 181 cm³/mol. The monoisotopic (exact) mass is 614 g/mol. The Hall–Kier alpha value is -2.44. The van der Waals surface area contributed by atoms with Crippen LogP contribution in [0.5, 0.6) is 0 Å². The number of ether oxygens (including phenoxy) is 3. The number of aliphatic hydroxyl groups is 1. The highest BCUT2D eigenvalue weighted by molar-refractivity contribution is 5.70. The van der Waals surface area contributed by atoms with Gasteiger partial charge in [0.05, 0.1) is 18.8 Å². The van der Waals surface area contributed by atoms with E-state index in [-0.39, 0.29) is 25.6 Å². The minimum Gasteiger partial charge on any atom is -0.462 e. The molecule has 1 saturated heterocycles. The smallest absolute Gasteiger partial charge is 0.306 e. The first kappa shape index (κ1) is 39.6. The SMILES string of the molecule is CC/C=C\CC1OC1C/C=C\C/C=C\C/C=C\C/C=C\CCC(=O)O[C@@H](CO)COC(=O)CCCCCCCCC(C)CC. The highest BCUT2D eigenvalue weighted by atomic mass is 16.6. The molecule has 44 heavy (non-hydrogen) atoms. The summed E-state index contributed by atoms with van der Waals surface area (Å²) in [5.41, 5.74) is 0. The zero-order valence-corrected chi connectivity index (χ0v) is 28.0. The average molecular weight is 615 g/mol. The molecule has 0 radical (unpaired) electrons. The minimum absolute atomic E-state index is 0.102. The van der Waals surface area contributed by atoms with Crippen molar-refractivity contribution in [2.24, 2.45) is 5.92 Å². The van der Waals surface area contributed by atoms with Crippen LogP contribution in [0.25, 0.3) is 0 Å². The second-order valence-electron chi connectivity index (χ2n) is 11.8. The Morgan fingerprint density at radius 2 is 1.30 bits per heavy atom. The predicted octanol–water partition coefficient (Wildman–Crippen LogP) is 9.29. The van der Waals surface area contributed by atoms with Crippen LogP contribution in [0, 0.1) is 5.92 Å². The molecule has 0 aromatic carbocycles.